The quantitative estimate of drug-likeness (QED) is 0.633. The number of ether oxygens (including phenoxy) is 1. The van der Waals surface area contributed by atoms with E-state index < -0.39 is 5.60 Å². The van der Waals surface area contributed by atoms with Crippen LogP contribution in [0.25, 0.3) is 0 Å². The Hall–Kier alpha value is -2.92. The highest BCUT2D eigenvalue weighted by atomic mass is 16.5. The summed E-state index contributed by atoms with van der Waals surface area (Å²) in [6.45, 7) is 10.1. The fourth-order valence-corrected chi connectivity index (χ4v) is 4.00. The highest BCUT2D eigenvalue weighted by Crippen LogP contribution is 2.32. The molecule has 0 saturated carbocycles. The van der Waals surface area contributed by atoms with E-state index in [0.717, 1.165) is 24.4 Å². The van der Waals surface area contributed by atoms with Gasteiger partial charge in [-0.15, -0.1) is 0 Å². The second-order valence-corrected chi connectivity index (χ2v) is 9.32. The zero-order valence-corrected chi connectivity index (χ0v) is 18.8. The maximum Gasteiger partial charge on any atom is 0.225 e. The zero-order valence-electron chi connectivity index (χ0n) is 18.8. The van der Waals surface area contributed by atoms with Gasteiger partial charge in [0.2, 0.25) is 5.95 Å². The van der Waals surface area contributed by atoms with Gasteiger partial charge in [-0.3, -0.25) is 0 Å². The van der Waals surface area contributed by atoms with Crippen LogP contribution >= 0.6 is 0 Å². The van der Waals surface area contributed by atoms with Crippen LogP contribution in [0.1, 0.15) is 49.6 Å². The third kappa shape index (κ3) is 4.88. The van der Waals surface area contributed by atoms with Gasteiger partial charge in [0.25, 0.3) is 0 Å². The Morgan fingerprint density at radius 1 is 1.03 bits per heavy atom. The van der Waals surface area contributed by atoms with E-state index >= 15 is 0 Å². The first kappa shape index (κ1) is 21.3. The molecule has 1 fully saturated rings. The molecule has 0 unspecified atom stereocenters. The minimum Gasteiger partial charge on any atom is -0.487 e. The van der Waals surface area contributed by atoms with Gasteiger partial charge in [0.1, 0.15) is 12.4 Å². The van der Waals surface area contributed by atoms with E-state index in [-0.39, 0.29) is 5.41 Å². The van der Waals surface area contributed by atoms with Crippen LogP contribution in [0.3, 0.4) is 0 Å². The Bertz CT molecular complexity index is 1030. The number of rotatable bonds is 6. The number of hydrogen-bond donors (Lipinski definition) is 1. The van der Waals surface area contributed by atoms with E-state index in [0.29, 0.717) is 19.1 Å². The first-order valence-corrected chi connectivity index (χ1v) is 10.8. The number of benzene rings is 2. The molecule has 1 N–H and O–H groups in total. The Labute approximate surface area is 184 Å². The minimum atomic E-state index is -0.677. The fraction of sp³-hybridized carbons (Fsp3) is 0.385. The van der Waals surface area contributed by atoms with Crippen molar-refractivity contribution in [1.29, 1.82) is 0 Å². The Balaban J connectivity index is 1.41. The molecule has 31 heavy (non-hydrogen) atoms. The molecule has 1 atom stereocenters. The largest absolute Gasteiger partial charge is 0.487 e. The van der Waals surface area contributed by atoms with Crippen molar-refractivity contribution in [1.82, 2.24) is 9.97 Å². The summed E-state index contributed by atoms with van der Waals surface area (Å²) in [5.41, 5.74) is 3.87. The lowest BCUT2D eigenvalue weighted by Gasteiger charge is -2.26. The number of aliphatic hydroxyl groups is 1. The van der Waals surface area contributed by atoms with Gasteiger partial charge in [0, 0.05) is 24.7 Å². The Morgan fingerprint density at radius 3 is 2.29 bits per heavy atom. The lowest BCUT2D eigenvalue weighted by atomic mass is 9.78. The molecule has 4 rings (SSSR count). The summed E-state index contributed by atoms with van der Waals surface area (Å²) < 4.78 is 5.98. The zero-order chi connectivity index (χ0) is 22.1. The van der Waals surface area contributed by atoms with Crippen molar-refractivity contribution in [2.45, 2.75) is 51.7 Å². The van der Waals surface area contributed by atoms with E-state index in [1.165, 1.54) is 16.7 Å². The average Bonchev–Trinajstić information content (AvgIpc) is 3.13. The van der Waals surface area contributed by atoms with E-state index in [1.807, 2.05) is 30.0 Å². The first-order chi connectivity index (χ1) is 14.7. The predicted molar refractivity (Wildman–Crippen MR) is 124 cm³/mol. The number of nitrogens with zero attached hydrogens (tertiary/aromatic N) is 3. The first-order valence-electron chi connectivity index (χ1n) is 10.8. The van der Waals surface area contributed by atoms with Gasteiger partial charge < -0.3 is 14.7 Å². The van der Waals surface area contributed by atoms with Gasteiger partial charge in [-0.1, -0.05) is 55.8 Å². The van der Waals surface area contributed by atoms with E-state index in [9.17, 15) is 5.11 Å². The Kier molecular flexibility index (Phi) is 5.71. The molecule has 3 aromatic rings. The topological polar surface area (TPSA) is 58.5 Å². The van der Waals surface area contributed by atoms with Crippen LogP contribution < -0.4 is 9.64 Å². The van der Waals surface area contributed by atoms with Crippen LogP contribution in [0.4, 0.5) is 5.95 Å². The Morgan fingerprint density at radius 2 is 1.68 bits per heavy atom. The maximum atomic E-state index is 10.2. The smallest absolute Gasteiger partial charge is 0.225 e. The van der Waals surface area contributed by atoms with E-state index in [1.54, 1.807) is 6.20 Å². The van der Waals surface area contributed by atoms with E-state index in [4.69, 9.17) is 4.74 Å². The molecule has 0 bridgehead atoms. The molecule has 0 aliphatic carbocycles. The van der Waals surface area contributed by atoms with E-state index in [2.05, 4.69) is 67.1 Å². The van der Waals surface area contributed by atoms with Crippen molar-refractivity contribution < 1.29 is 9.84 Å². The molecule has 2 heterocycles. The van der Waals surface area contributed by atoms with Crippen LogP contribution in [-0.4, -0.2) is 33.8 Å². The SMILES string of the molecule is Cc1ccc(C(C)(C)c2ccc(OCc3ccnc(N4CC[C@](C)(O)C4)n3)cc2)cc1. The van der Waals surface area contributed by atoms with Crippen molar-refractivity contribution in [3.05, 3.63) is 83.2 Å². The molecule has 0 radical (unpaired) electrons. The molecular formula is C26H31N3O2. The third-order valence-corrected chi connectivity index (χ3v) is 6.17. The number of hydrogen-bond acceptors (Lipinski definition) is 5. The summed E-state index contributed by atoms with van der Waals surface area (Å²) >= 11 is 0. The van der Waals surface area contributed by atoms with Gasteiger partial charge >= 0.3 is 0 Å². The second-order valence-electron chi connectivity index (χ2n) is 9.32. The summed E-state index contributed by atoms with van der Waals surface area (Å²) in [5, 5.41) is 10.2. The predicted octanol–water partition coefficient (Wildman–Crippen LogP) is 4.65. The molecule has 5 heteroatoms. The normalized spacial score (nSPS) is 18.9. The second kappa shape index (κ2) is 8.31. The van der Waals surface area contributed by atoms with Gasteiger partial charge in [-0.2, -0.15) is 0 Å². The molecule has 0 amide bonds. The monoisotopic (exact) mass is 417 g/mol. The molecule has 2 aromatic carbocycles. The summed E-state index contributed by atoms with van der Waals surface area (Å²) in [6.07, 6.45) is 2.48. The maximum absolute atomic E-state index is 10.2. The van der Waals surface area contributed by atoms with Crippen LogP contribution in [0, 0.1) is 6.92 Å². The van der Waals surface area contributed by atoms with Gasteiger partial charge in [-0.05, 0) is 49.6 Å². The summed E-state index contributed by atoms with van der Waals surface area (Å²) in [7, 11) is 0. The van der Waals surface area contributed by atoms with Crippen LogP contribution in [0.2, 0.25) is 0 Å². The fourth-order valence-electron chi connectivity index (χ4n) is 4.00. The lowest BCUT2D eigenvalue weighted by molar-refractivity contribution is 0.0838. The van der Waals surface area contributed by atoms with Crippen molar-refractivity contribution in [2.24, 2.45) is 0 Å². The number of aromatic nitrogens is 2. The van der Waals surface area contributed by atoms with Gasteiger partial charge in [0.15, 0.2) is 0 Å². The van der Waals surface area contributed by atoms with Crippen LogP contribution in [-0.2, 0) is 12.0 Å². The molecule has 162 valence electrons. The standard InChI is InChI=1S/C26H31N3O2/c1-19-5-7-20(8-6-19)25(2,3)21-9-11-23(12-10-21)31-17-22-13-15-27-24(28-22)29-16-14-26(4,30)18-29/h5-13,15,30H,14,16-18H2,1-4H3/t26-/m0/s1. The third-order valence-electron chi connectivity index (χ3n) is 6.17. The van der Waals surface area contributed by atoms with Gasteiger partial charge in [0.05, 0.1) is 11.3 Å². The van der Waals surface area contributed by atoms with Crippen molar-refractivity contribution in [2.75, 3.05) is 18.0 Å². The molecule has 5 nitrogen and oxygen atoms in total. The van der Waals surface area contributed by atoms with Crippen LogP contribution in [0.15, 0.2) is 60.8 Å². The summed E-state index contributed by atoms with van der Waals surface area (Å²) in [5.74, 6) is 1.46. The molecule has 1 saturated heterocycles. The molecule has 1 aromatic heterocycles. The van der Waals surface area contributed by atoms with Crippen molar-refractivity contribution >= 4 is 5.95 Å². The average molecular weight is 418 g/mol. The number of anilines is 1. The van der Waals surface area contributed by atoms with Crippen LogP contribution in [0.5, 0.6) is 5.75 Å². The molecular weight excluding hydrogens is 386 g/mol. The highest BCUT2D eigenvalue weighted by Gasteiger charge is 2.32. The van der Waals surface area contributed by atoms with Crippen molar-refractivity contribution in [3.63, 3.8) is 0 Å². The summed E-state index contributed by atoms with van der Waals surface area (Å²) in [6, 6.07) is 18.9. The molecule has 1 aliphatic heterocycles. The highest BCUT2D eigenvalue weighted by molar-refractivity contribution is 5.41. The number of aryl methyl sites for hydroxylation is 1. The minimum absolute atomic E-state index is 0.0787. The number of β-amino-alcohol motifs (C(OH)–C–C–N with tert-alkyl or cyclic N) is 1. The summed E-state index contributed by atoms with van der Waals surface area (Å²) in [4.78, 5) is 11.0. The van der Waals surface area contributed by atoms with Crippen molar-refractivity contribution in [3.8, 4) is 5.75 Å². The lowest BCUT2D eigenvalue weighted by Crippen LogP contribution is -2.30. The molecule has 0 spiro atoms. The van der Waals surface area contributed by atoms with Gasteiger partial charge in [-0.25, -0.2) is 9.97 Å². The molecule has 1 aliphatic rings.